The first-order valence-electron chi connectivity index (χ1n) is 7.29. The summed E-state index contributed by atoms with van der Waals surface area (Å²) in [5.41, 5.74) is 0. The molecule has 0 spiro atoms. The Bertz CT molecular complexity index is 502. The fourth-order valence-electron chi connectivity index (χ4n) is 2.73. The maximum Gasteiger partial charge on any atom is 0.326 e. The zero-order valence-electron chi connectivity index (χ0n) is 12.4. The Morgan fingerprint density at radius 2 is 2.05 bits per heavy atom. The number of likely N-dealkylation sites (tertiary alicyclic amines) is 1. The Labute approximate surface area is 124 Å². The molecule has 5 nitrogen and oxygen atoms in total. The highest BCUT2D eigenvalue weighted by atomic mass is 16.5. The highest BCUT2D eigenvalue weighted by molar-refractivity contribution is 5.87. The number of nitrogens with zero attached hydrogens (tertiary/aromatic N) is 1. The Morgan fingerprint density at radius 1 is 1.38 bits per heavy atom. The van der Waals surface area contributed by atoms with Crippen LogP contribution in [0.15, 0.2) is 30.3 Å². The summed E-state index contributed by atoms with van der Waals surface area (Å²) >= 11 is 0. The Balaban J connectivity index is 2.11. The highest BCUT2D eigenvalue weighted by Gasteiger charge is 2.41. The molecule has 0 radical (unpaired) electrons. The molecule has 21 heavy (non-hydrogen) atoms. The molecule has 1 fully saturated rings. The van der Waals surface area contributed by atoms with Gasteiger partial charge in [-0.3, -0.25) is 4.79 Å². The van der Waals surface area contributed by atoms with Gasteiger partial charge in [-0.05, 0) is 30.9 Å². The molecule has 5 heteroatoms. The number of para-hydroxylation sites is 1. The molecule has 3 atom stereocenters. The van der Waals surface area contributed by atoms with Crippen molar-refractivity contribution in [1.82, 2.24) is 4.90 Å². The van der Waals surface area contributed by atoms with Crippen LogP contribution in [0.1, 0.15) is 26.7 Å². The average Bonchev–Trinajstić information content (AvgIpc) is 2.87. The predicted octanol–water partition coefficient (Wildman–Crippen LogP) is 2.17. The minimum Gasteiger partial charge on any atom is -0.481 e. The monoisotopic (exact) mass is 291 g/mol. The van der Waals surface area contributed by atoms with E-state index in [4.69, 9.17) is 4.74 Å². The lowest BCUT2D eigenvalue weighted by Crippen LogP contribution is -2.48. The summed E-state index contributed by atoms with van der Waals surface area (Å²) in [7, 11) is 0. The number of carbonyl (C=O) groups is 2. The molecule has 1 amide bonds. The summed E-state index contributed by atoms with van der Waals surface area (Å²) in [4.78, 5) is 25.4. The van der Waals surface area contributed by atoms with E-state index < -0.39 is 18.1 Å². The van der Waals surface area contributed by atoms with Gasteiger partial charge >= 0.3 is 5.97 Å². The maximum atomic E-state index is 12.6. The van der Waals surface area contributed by atoms with E-state index in [0.717, 1.165) is 0 Å². The Hall–Kier alpha value is -2.04. The van der Waals surface area contributed by atoms with Gasteiger partial charge in [-0.2, -0.15) is 0 Å². The van der Waals surface area contributed by atoms with Crippen molar-refractivity contribution in [1.29, 1.82) is 0 Å². The van der Waals surface area contributed by atoms with Crippen molar-refractivity contribution in [3.8, 4) is 5.75 Å². The first kappa shape index (κ1) is 15.4. The van der Waals surface area contributed by atoms with Gasteiger partial charge in [-0.15, -0.1) is 0 Å². The van der Waals surface area contributed by atoms with Crippen molar-refractivity contribution in [3.63, 3.8) is 0 Å². The van der Waals surface area contributed by atoms with E-state index in [-0.39, 0.29) is 11.8 Å². The van der Waals surface area contributed by atoms with Crippen molar-refractivity contribution in [3.05, 3.63) is 30.3 Å². The maximum absolute atomic E-state index is 12.6. The summed E-state index contributed by atoms with van der Waals surface area (Å²) in [5.74, 6) is -0.585. The van der Waals surface area contributed by atoms with Crippen LogP contribution in [0.4, 0.5) is 0 Å². The van der Waals surface area contributed by atoms with E-state index in [1.807, 2.05) is 32.0 Å². The molecule has 1 aromatic carbocycles. The third-order valence-electron chi connectivity index (χ3n) is 3.90. The fourth-order valence-corrected chi connectivity index (χ4v) is 2.73. The molecule has 1 N–H and O–H groups in total. The topological polar surface area (TPSA) is 66.8 Å². The van der Waals surface area contributed by atoms with Crippen molar-refractivity contribution >= 4 is 11.9 Å². The molecular weight excluding hydrogens is 270 g/mol. The molecule has 1 aliphatic heterocycles. The molecule has 114 valence electrons. The summed E-state index contributed by atoms with van der Waals surface area (Å²) in [5, 5.41) is 9.31. The van der Waals surface area contributed by atoms with Gasteiger partial charge in [0.15, 0.2) is 6.10 Å². The van der Waals surface area contributed by atoms with Crippen molar-refractivity contribution < 1.29 is 19.4 Å². The second-order valence-electron chi connectivity index (χ2n) is 5.41. The minimum atomic E-state index is -0.942. The van der Waals surface area contributed by atoms with Crippen LogP contribution < -0.4 is 4.74 Å². The number of amides is 1. The molecule has 1 saturated heterocycles. The fraction of sp³-hybridized carbons (Fsp3) is 0.500. The number of rotatable bonds is 5. The molecule has 2 rings (SSSR count). The van der Waals surface area contributed by atoms with E-state index in [1.54, 1.807) is 12.1 Å². The number of hydrogen-bond acceptors (Lipinski definition) is 3. The largest absolute Gasteiger partial charge is 0.481 e. The van der Waals surface area contributed by atoms with Crippen LogP contribution in [0.25, 0.3) is 0 Å². The standard InChI is InChI=1S/C16H21NO4/c1-3-13(21-12-7-5-4-6-8-12)15(18)17-10-9-11(2)14(17)16(19)20/h4-8,11,13-14H,3,9-10H2,1-2H3,(H,19,20). The third-order valence-corrected chi connectivity index (χ3v) is 3.90. The Kier molecular flexibility index (Phi) is 4.83. The lowest BCUT2D eigenvalue weighted by Gasteiger charge is -2.27. The number of hydrogen-bond donors (Lipinski definition) is 1. The van der Waals surface area contributed by atoms with E-state index >= 15 is 0 Å². The van der Waals surface area contributed by atoms with E-state index in [0.29, 0.717) is 25.1 Å². The van der Waals surface area contributed by atoms with Gasteiger partial charge < -0.3 is 14.7 Å². The smallest absolute Gasteiger partial charge is 0.326 e. The first-order valence-corrected chi connectivity index (χ1v) is 7.29. The molecule has 0 aliphatic carbocycles. The van der Waals surface area contributed by atoms with Crippen LogP contribution in [0.5, 0.6) is 5.75 Å². The highest BCUT2D eigenvalue weighted by Crippen LogP contribution is 2.26. The van der Waals surface area contributed by atoms with Gasteiger partial charge in [0.1, 0.15) is 11.8 Å². The lowest BCUT2D eigenvalue weighted by atomic mass is 10.0. The van der Waals surface area contributed by atoms with Crippen molar-refractivity contribution in [2.75, 3.05) is 6.54 Å². The van der Waals surface area contributed by atoms with Gasteiger partial charge in [-0.1, -0.05) is 32.0 Å². The SMILES string of the molecule is CCC(Oc1ccccc1)C(=O)N1CCC(C)C1C(=O)O. The lowest BCUT2D eigenvalue weighted by molar-refractivity contribution is -0.152. The van der Waals surface area contributed by atoms with Crippen molar-refractivity contribution in [2.45, 2.75) is 38.8 Å². The minimum absolute atomic E-state index is 0.0271. The Morgan fingerprint density at radius 3 is 2.62 bits per heavy atom. The molecular formula is C16H21NO4. The van der Waals surface area contributed by atoms with E-state index in [2.05, 4.69) is 0 Å². The van der Waals surface area contributed by atoms with Crippen LogP contribution in [0.3, 0.4) is 0 Å². The molecule has 1 heterocycles. The molecule has 0 aromatic heterocycles. The molecule has 1 aliphatic rings. The zero-order chi connectivity index (χ0) is 15.4. The van der Waals surface area contributed by atoms with Crippen LogP contribution in [-0.4, -0.2) is 40.6 Å². The number of carbonyl (C=O) groups excluding carboxylic acids is 1. The van der Waals surface area contributed by atoms with Crippen molar-refractivity contribution in [2.24, 2.45) is 5.92 Å². The molecule has 0 saturated carbocycles. The summed E-state index contributed by atoms with van der Waals surface area (Å²) < 4.78 is 5.72. The van der Waals surface area contributed by atoms with Gasteiger partial charge in [0, 0.05) is 6.54 Å². The first-order chi connectivity index (χ1) is 10.0. The van der Waals surface area contributed by atoms with E-state index in [1.165, 1.54) is 4.90 Å². The number of aliphatic carboxylic acids is 1. The van der Waals surface area contributed by atoms with Gasteiger partial charge in [-0.25, -0.2) is 4.79 Å². The second kappa shape index (κ2) is 6.61. The average molecular weight is 291 g/mol. The quantitative estimate of drug-likeness (QED) is 0.903. The number of carboxylic acid groups (broad SMARTS) is 1. The molecule has 3 unspecified atom stereocenters. The van der Waals surface area contributed by atoms with E-state index in [9.17, 15) is 14.7 Å². The van der Waals surface area contributed by atoms with Crippen LogP contribution in [0.2, 0.25) is 0 Å². The van der Waals surface area contributed by atoms with Gasteiger partial charge in [0.25, 0.3) is 5.91 Å². The van der Waals surface area contributed by atoms with Gasteiger partial charge in [0.05, 0.1) is 0 Å². The zero-order valence-corrected chi connectivity index (χ0v) is 12.4. The number of carboxylic acids is 1. The summed E-state index contributed by atoms with van der Waals surface area (Å²) in [6.07, 6.45) is 0.578. The van der Waals surface area contributed by atoms with Crippen LogP contribution >= 0.6 is 0 Å². The second-order valence-corrected chi connectivity index (χ2v) is 5.41. The van der Waals surface area contributed by atoms with Gasteiger partial charge in [0.2, 0.25) is 0 Å². The molecule has 1 aromatic rings. The summed E-state index contributed by atoms with van der Waals surface area (Å²) in [6, 6.07) is 8.38. The number of ether oxygens (including phenoxy) is 1. The normalized spacial score (nSPS) is 22.9. The summed E-state index contributed by atoms with van der Waals surface area (Å²) in [6.45, 7) is 4.21. The van der Waals surface area contributed by atoms with Crippen LogP contribution in [0, 0.1) is 5.92 Å². The number of benzene rings is 1. The van der Waals surface area contributed by atoms with Crippen LogP contribution in [-0.2, 0) is 9.59 Å². The third kappa shape index (κ3) is 3.35. The predicted molar refractivity (Wildman–Crippen MR) is 78.1 cm³/mol. The molecule has 0 bridgehead atoms.